The number of benzene rings is 2. The number of halogens is 1. The van der Waals surface area contributed by atoms with E-state index >= 15 is 0 Å². The highest BCUT2D eigenvalue weighted by atomic mass is 35.5. The van der Waals surface area contributed by atoms with Crippen molar-refractivity contribution in [1.82, 2.24) is 0 Å². The summed E-state index contributed by atoms with van der Waals surface area (Å²) in [7, 11) is 0. The predicted octanol–water partition coefficient (Wildman–Crippen LogP) is 7.56. The standard InChI is InChI=1S/C25H33ClO4/c1-2-3-4-5-6-7-8-9-10-11-18-29-22-16-17-23(24(26)19-22)25(28)30-21-14-12-20(27)13-15-21/h12-17,19,27H,2-11,18H2,1H3. The maximum Gasteiger partial charge on any atom is 0.345 e. The fourth-order valence-electron chi connectivity index (χ4n) is 3.21. The Labute approximate surface area is 185 Å². The Morgan fingerprint density at radius 2 is 1.40 bits per heavy atom. The van der Waals surface area contributed by atoms with Gasteiger partial charge in [0.1, 0.15) is 17.2 Å². The highest BCUT2D eigenvalue weighted by molar-refractivity contribution is 6.33. The largest absolute Gasteiger partial charge is 0.508 e. The lowest BCUT2D eigenvalue weighted by atomic mass is 10.1. The van der Waals surface area contributed by atoms with E-state index in [4.69, 9.17) is 21.1 Å². The van der Waals surface area contributed by atoms with E-state index in [2.05, 4.69) is 6.92 Å². The van der Waals surface area contributed by atoms with Gasteiger partial charge in [-0.25, -0.2) is 4.79 Å². The molecule has 0 bridgehead atoms. The van der Waals surface area contributed by atoms with Gasteiger partial charge in [-0.05, 0) is 48.9 Å². The maximum atomic E-state index is 12.3. The van der Waals surface area contributed by atoms with Gasteiger partial charge in [0.05, 0.1) is 17.2 Å². The van der Waals surface area contributed by atoms with Crippen molar-refractivity contribution < 1.29 is 19.4 Å². The number of carbonyl (C=O) groups is 1. The van der Waals surface area contributed by atoms with Crippen LogP contribution in [0.5, 0.6) is 17.2 Å². The molecule has 0 saturated carbocycles. The molecule has 5 heteroatoms. The fraction of sp³-hybridized carbons (Fsp3) is 0.480. The predicted molar refractivity (Wildman–Crippen MR) is 122 cm³/mol. The number of esters is 1. The van der Waals surface area contributed by atoms with Crippen molar-refractivity contribution in [2.24, 2.45) is 0 Å². The van der Waals surface area contributed by atoms with Crippen LogP contribution in [0.15, 0.2) is 42.5 Å². The lowest BCUT2D eigenvalue weighted by molar-refractivity contribution is 0.0734. The fourth-order valence-corrected chi connectivity index (χ4v) is 3.45. The van der Waals surface area contributed by atoms with Crippen molar-refractivity contribution in [3.63, 3.8) is 0 Å². The summed E-state index contributed by atoms with van der Waals surface area (Å²) >= 11 is 6.24. The molecule has 0 heterocycles. The zero-order valence-corrected chi connectivity index (χ0v) is 18.6. The molecule has 0 atom stereocenters. The van der Waals surface area contributed by atoms with Crippen LogP contribution in [0.1, 0.15) is 81.5 Å². The van der Waals surface area contributed by atoms with Gasteiger partial charge in [0.2, 0.25) is 0 Å². The quantitative estimate of drug-likeness (QED) is 0.190. The minimum absolute atomic E-state index is 0.108. The number of hydrogen-bond acceptors (Lipinski definition) is 4. The summed E-state index contributed by atoms with van der Waals surface area (Å²) < 4.78 is 11.0. The third-order valence-electron chi connectivity index (χ3n) is 4.97. The van der Waals surface area contributed by atoms with Crippen LogP contribution in [0.3, 0.4) is 0 Å². The molecule has 0 radical (unpaired) electrons. The van der Waals surface area contributed by atoms with E-state index in [0.29, 0.717) is 23.1 Å². The van der Waals surface area contributed by atoms with Crippen molar-refractivity contribution >= 4 is 17.6 Å². The van der Waals surface area contributed by atoms with Gasteiger partial charge in [-0.15, -0.1) is 0 Å². The Morgan fingerprint density at radius 3 is 2.00 bits per heavy atom. The van der Waals surface area contributed by atoms with Gasteiger partial charge in [-0.3, -0.25) is 0 Å². The summed E-state index contributed by atoms with van der Waals surface area (Å²) in [6.07, 6.45) is 12.8. The van der Waals surface area contributed by atoms with Gasteiger partial charge in [0.25, 0.3) is 0 Å². The molecule has 164 valence electrons. The SMILES string of the molecule is CCCCCCCCCCCCOc1ccc(C(=O)Oc2ccc(O)cc2)c(Cl)c1. The molecule has 1 N–H and O–H groups in total. The molecule has 2 aromatic rings. The topological polar surface area (TPSA) is 55.8 Å². The smallest absolute Gasteiger partial charge is 0.345 e. The summed E-state index contributed by atoms with van der Waals surface area (Å²) in [6.45, 7) is 2.89. The van der Waals surface area contributed by atoms with Crippen LogP contribution < -0.4 is 9.47 Å². The molecule has 4 nitrogen and oxygen atoms in total. The average Bonchev–Trinajstić information content (AvgIpc) is 2.73. The van der Waals surface area contributed by atoms with Crippen molar-refractivity contribution in [3.05, 3.63) is 53.1 Å². The number of phenols is 1. The molecule has 0 unspecified atom stereocenters. The molecule has 0 fully saturated rings. The molecule has 0 spiro atoms. The Kier molecular flexibility index (Phi) is 11.2. The van der Waals surface area contributed by atoms with Crippen molar-refractivity contribution in [3.8, 4) is 17.2 Å². The van der Waals surface area contributed by atoms with Crippen LogP contribution in [0, 0.1) is 0 Å². The van der Waals surface area contributed by atoms with E-state index < -0.39 is 5.97 Å². The lowest BCUT2D eigenvalue weighted by Gasteiger charge is -2.09. The second-order valence-electron chi connectivity index (χ2n) is 7.56. The average molecular weight is 433 g/mol. The van der Waals surface area contributed by atoms with Crippen molar-refractivity contribution in [2.75, 3.05) is 6.61 Å². The van der Waals surface area contributed by atoms with E-state index in [1.807, 2.05) is 0 Å². The summed E-state index contributed by atoms with van der Waals surface area (Å²) in [5.74, 6) is 0.552. The zero-order chi connectivity index (χ0) is 21.6. The summed E-state index contributed by atoms with van der Waals surface area (Å²) in [4.78, 5) is 12.3. The van der Waals surface area contributed by atoms with Gasteiger partial charge in [-0.1, -0.05) is 76.3 Å². The molecule has 0 amide bonds. The normalized spacial score (nSPS) is 10.7. The number of aromatic hydroxyl groups is 1. The number of hydrogen-bond donors (Lipinski definition) is 1. The van der Waals surface area contributed by atoms with Crippen LogP contribution in [0.4, 0.5) is 0 Å². The highest BCUT2D eigenvalue weighted by Crippen LogP contribution is 2.25. The number of ether oxygens (including phenoxy) is 2. The third-order valence-corrected chi connectivity index (χ3v) is 5.29. The minimum atomic E-state index is -0.549. The van der Waals surface area contributed by atoms with Gasteiger partial charge in [0.15, 0.2) is 0 Å². The highest BCUT2D eigenvalue weighted by Gasteiger charge is 2.14. The molecule has 2 rings (SSSR count). The van der Waals surface area contributed by atoms with E-state index in [1.54, 1.807) is 18.2 Å². The number of unbranched alkanes of at least 4 members (excludes halogenated alkanes) is 9. The molecule has 2 aromatic carbocycles. The zero-order valence-electron chi connectivity index (χ0n) is 17.9. The monoisotopic (exact) mass is 432 g/mol. The van der Waals surface area contributed by atoms with Crippen LogP contribution in [0.2, 0.25) is 5.02 Å². The molecular weight excluding hydrogens is 400 g/mol. The number of phenolic OH excluding ortho intramolecular Hbond substituents is 1. The molecule has 0 aliphatic heterocycles. The van der Waals surface area contributed by atoms with Crippen molar-refractivity contribution in [2.45, 2.75) is 71.1 Å². The second kappa shape index (κ2) is 13.9. The van der Waals surface area contributed by atoms with E-state index in [1.165, 1.54) is 82.1 Å². The summed E-state index contributed by atoms with van der Waals surface area (Å²) in [5, 5.41) is 9.58. The van der Waals surface area contributed by atoms with Crippen LogP contribution in [-0.4, -0.2) is 17.7 Å². The first kappa shape index (κ1) is 24.1. The number of carbonyl (C=O) groups excluding carboxylic acids is 1. The van der Waals surface area contributed by atoms with E-state index in [0.717, 1.165) is 6.42 Å². The third kappa shape index (κ3) is 9.08. The molecule has 0 saturated heterocycles. The van der Waals surface area contributed by atoms with Gasteiger partial charge >= 0.3 is 5.97 Å². The molecule has 30 heavy (non-hydrogen) atoms. The maximum absolute atomic E-state index is 12.3. The lowest BCUT2D eigenvalue weighted by Crippen LogP contribution is -2.09. The second-order valence-corrected chi connectivity index (χ2v) is 7.96. The van der Waals surface area contributed by atoms with E-state index in [-0.39, 0.29) is 11.3 Å². The Hall–Kier alpha value is -2.20. The Balaban J connectivity index is 1.64. The molecule has 0 aliphatic rings. The van der Waals surface area contributed by atoms with Crippen LogP contribution in [0.25, 0.3) is 0 Å². The minimum Gasteiger partial charge on any atom is -0.508 e. The van der Waals surface area contributed by atoms with Crippen molar-refractivity contribution in [1.29, 1.82) is 0 Å². The van der Waals surface area contributed by atoms with Gasteiger partial charge in [0, 0.05) is 0 Å². The first-order valence-corrected chi connectivity index (χ1v) is 11.4. The molecule has 0 aliphatic carbocycles. The summed E-state index contributed by atoms with van der Waals surface area (Å²) in [6, 6.07) is 10.9. The van der Waals surface area contributed by atoms with Crippen LogP contribution in [-0.2, 0) is 0 Å². The van der Waals surface area contributed by atoms with Crippen LogP contribution >= 0.6 is 11.6 Å². The summed E-state index contributed by atoms with van der Waals surface area (Å²) in [5.41, 5.74) is 0.274. The van der Waals surface area contributed by atoms with E-state index in [9.17, 15) is 9.90 Å². The molecule has 0 aromatic heterocycles. The first-order chi connectivity index (χ1) is 14.6. The van der Waals surface area contributed by atoms with Gasteiger partial charge in [-0.2, -0.15) is 0 Å². The molecular formula is C25H33ClO4. The first-order valence-electron chi connectivity index (χ1n) is 11.0. The Morgan fingerprint density at radius 1 is 0.833 bits per heavy atom. The number of rotatable bonds is 14. The van der Waals surface area contributed by atoms with Gasteiger partial charge < -0.3 is 14.6 Å². The Bertz CT molecular complexity index is 758.